The number of H-pyrrole nitrogens is 1. The molecule has 7 heteroatoms. The number of rotatable bonds is 8. The maximum Gasteiger partial charge on any atom is 0.252 e. The lowest BCUT2D eigenvalue weighted by molar-refractivity contribution is 0.0801. The summed E-state index contributed by atoms with van der Waals surface area (Å²) in [4.78, 5) is 18.7. The first-order valence-electron chi connectivity index (χ1n) is 12.5. The number of aryl methyl sites for hydroxylation is 1. The van der Waals surface area contributed by atoms with Crippen molar-refractivity contribution in [2.45, 2.75) is 104 Å². The van der Waals surface area contributed by atoms with E-state index in [1.54, 1.807) is 0 Å². The van der Waals surface area contributed by atoms with Crippen molar-refractivity contribution < 1.29 is 0 Å². The fraction of sp³-hybridized carbons (Fsp3) is 0.615. The van der Waals surface area contributed by atoms with Crippen molar-refractivity contribution in [2.75, 3.05) is 0 Å². The number of pyridine rings is 1. The smallest absolute Gasteiger partial charge is 0.252 e. The van der Waals surface area contributed by atoms with Gasteiger partial charge < -0.3 is 4.98 Å². The van der Waals surface area contributed by atoms with Crippen molar-refractivity contribution in [3.63, 3.8) is 0 Å². The number of aromatic amines is 1. The van der Waals surface area contributed by atoms with Gasteiger partial charge in [-0.1, -0.05) is 45.2 Å². The Balaban J connectivity index is 1.75. The van der Waals surface area contributed by atoms with Gasteiger partial charge in [-0.3, -0.25) is 9.69 Å². The number of fused-ring (bicyclic) bond motifs is 1. The van der Waals surface area contributed by atoms with Gasteiger partial charge >= 0.3 is 0 Å². The van der Waals surface area contributed by atoms with Crippen LogP contribution >= 0.6 is 0 Å². The predicted octanol–water partition coefficient (Wildman–Crippen LogP) is 5.25. The molecule has 0 radical (unpaired) electrons. The number of hydrogen-bond donors (Lipinski definition) is 1. The Hall–Kier alpha value is -2.54. The van der Waals surface area contributed by atoms with Gasteiger partial charge in [-0.05, 0) is 80.0 Å². The van der Waals surface area contributed by atoms with Crippen LogP contribution in [0.4, 0.5) is 0 Å². The van der Waals surface area contributed by atoms with E-state index in [1.807, 2.05) is 17.7 Å². The molecule has 33 heavy (non-hydrogen) atoms. The fourth-order valence-corrected chi connectivity index (χ4v) is 5.13. The summed E-state index contributed by atoms with van der Waals surface area (Å²) in [5.41, 5.74) is 2.68. The van der Waals surface area contributed by atoms with Crippen LogP contribution in [-0.4, -0.2) is 36.1 Å². The van der Waals surface area contributed by atoms with Crippen LogP contribution in [0.15, 0.2) is 29.1 Å². The Morgan fingerprint density at radius 1 is 1.18 bits per heavy atom. The van der Waals surface area contributed by atoms with Crippen LogP contribution in [0.2, 0.25) is 0 Å². The van der Waals surface area contributed by atoms with Gasteiger partial charge in [0.05, 0.1) is 11.6 Å². The van der Waals surface area contributed by atoms with E-state index in [0.717, 1.165) is 53.5 Å². The van der Waals surface area contributed by atoms with E-state index in [9.17, 15) is 4.79 Å². The second kappa shape index (κ2) is 9.75. The van der Waals surface area contributed by atoms with Crippen LogP contribution in [0.25, 0.3) is 10.9 Å². The zero-order valence-electron chi connectivity index (χ0n) is 20.8. The molecule has 1 atom stereocenters. The summed E-state index contributed by atoms with van der Waals surface area (Å²) >= 11 is 0. The summed E-state index contributed by atoms with van der Waals surface area (Å²) in [7, 11) is 0. The zero-order valence-corrected chi connectivity index (χ0v) is 20.8. The highest BCUT2D eigenvalue weighted by Crippen LogP contribution is 2.34. The Morgan fingerprint density at radius 3 is 2.64 bits per heavy atom. The second-order valence-corrected chi connectivity index (χ2v) is 10.2. The molecule has 1 aliphatic carbocycles. The monoisotopic (exact) mass is 450 g/mol. The first-order chi connectivity index (χ1) is 15.8. The summed E-state index contributed by atoms with van der Waals surface area (Å²) < 4.78 is 2.00. The number of hydrogen-bond acceptors (Lipinski definition) is 5. The third-order valence-electron chi connectivity index (χ3n) is 7.49. The normalized spacial score (nSPS) is 16.5. The molecule has 1 saturated carbocycles. The molecule has 0 bridgehead atoms. The maximum atomic E-state index is 13.1. The summed E-state index contributed by atoms with van der Waals surface area (Å²) in [6.45, 7) is 11.4. The molecule has 7 nitrogen and oxygen atoms in total. The number of tetrazole rings is 1. The Labute approximate surface area is 196 Å². The van der Waals surface area contributed by atoms with E-state index in [-0.39, 0.29) is 17.1 Å². The molecule has 4 rings (SSSR count). The van der Waals surface area contributed by atoms with Crippen molar-refractivity contribution in [3.05, 3.63) is 51.6 Å². The molecule has 0 unspecified atom stereocenters. The second-order valence-electron chi connectivity index (χ2n) is 10.2. The third-order valence-corrected chi connectivity index (χ3v) is 7.49. The number of nitrogens with zero attached hydrogens (tertiary/aromatic N) is 5. The molecular weight excluding hydrogens is 412 g/mol. The standard InChI is InChI=1S/C26H38N6O/c1-6-23(24-28-29-30-32(24)26(4,5)7-2)31(21-11-9-8-10-12-21)17-20-16-19-14-13-18(3)15-22(19)27-25(20)33/h13-16,21,23H,6-12,17H2,1-5H3,(H,27,33)/t23-/m1/s1. The zero-order chi connectivity index (χ0) is 23.6. The van der Waals surface area contributed by atoms with Gasteiger partial charge in [0.2, 0.25) is 0 Å². The molecule has 0 amide bonds. The molecule has 1 fully saturated rings. The molecule has 2 heterocycles. The molecule has 1 aromatic carbocycles. The molecule has 0 saturated heterocycles. The molecule has 178 valence electrons. The van der Waals surface area contributed by atoms with Crippen LogP contribution in [-0.2, 0) is 12.1 Å². The third kappa shape index (κ3) is 4.88. The van der Waals surface area contributed by atoms with Crippen molar-refractivity contribution in [1.29, 1.82) is 0 Å². The van der Waals surface area contributed by atoms with Gasteiger partial charge in [0, 0.05) is 23.7 Å². The Morgan fingerprint density at radius 2 is 1.94 bits per heavy atom. The average Bonchev–Trinajstić information content (AvgIpc) is 3.30. The average molecular weight is 451 g/mol. The van der Waals surface area contributed by atoms with E-state index in [2.05, 4.69) is 71.3 Å². The number of nitrogens with one attached hydrogen (secondary N) is 1. The topological polar surface area (TPSA) is 79.7 Å². The quantitative estimate of drug-likeness (QED) is 0.507. The van der Waals surface area contributed by atoms with Gasteiger partial charge in [-0.15, -0.1) is 5.10 Å². The minimum atomic E-state index is -0.164. The van der Waals surface area contributed by atoms with Crippen LogP contribution in [0.5, 0.6) is 0 Å². The molecular formula is C26H38N6O. The summed E-state index contributed by atoms with van der Waals surface area (Å²) in [5, 5.41) is 14.1. The summed E-state index contributed by atoms with van der Waals surface area (Å²) in [5.74, 6) is 0.905. The molecule has 1 aliphatic rings. The highest BCUT2D eigenvalue weighted by molar-refractivity contribution is 5.79. The largest absolute Gasteiger partial charge is 0.322 e. The Bertz CT molecular complexity index is 1140. The number of aromatic nitrogens is 5. The van der Waals surface area contributed by atoms with Gasteiger partial charge in [0.15, 0.2) is 5.82 Å². The van der Waals surface area contributed by atoms with E-state index >= 15 is 0 Å². The molecule has 1 N–H and O–H groups in total. The highest BCUT2D eigenvalue weighted by Gasteiger charge is 2.34. The van der Waals surface area contributed by atoms with Gasteiger partial charge in [0.1, 0.15) is 0 Å². The van der Waals surface area contributed by atoms with Crippen LogP contribution in [0.3, 0.4) is 0 Å². The maximum absolute atomic E-state index is 13.1. The lowest BCUT2D eigenvalue weighted by Crippen LogP contribution is -2.42. The highest BCUT2D eigenvalue weighted by atomic mass is 16.1. The van der Waals surface area contributed by atoms with Gasteiger partial charge in [0.25, 0.3) is 5.56 Å². The molecule has 0 spiro atoms. The molecule has 2 aromatic heterocycles. The molecule has 0 aliphatic heterocycles. The fourth-order valence-electron chi connectivity index (χ4n) is 5.13. The minimum absolute atomic E-state index is 0.00255. The first kappa shape index (κ1) is 23.6. The summed E-state index contributed by atoms with van der Waals surface area (Å²) in [6, 6.07) is 8.77. The Kier molecular flexibility index (Phi) is 6.98. The van der Waals surface area contributed by atoms with E-state index in [1.165, 1.54) is 19.3 Å². The van der Waals surface area contributed by atoms with Gasteiger partial charge in [-0.2, -0.15) is 0 Å². The van der Waals surface area contributed by atoms with Crippen molar-refractivity contribution in [3.8, 4) is 0 Å². The van der Waals surface area contributed by atoms with Crippen molar-refractivity contribution in [2.24, 2.45) is 0 Å². The number of benzene rings is 1. The SMILES string of the molecule is CC[C@H](c1nnnn1C(C)(C)CC)N(Cc1cc2ccc(C)cc2[nH]c1=O)C1CCCCC1. The molecule has 3 aromatic rings. The van der Waals surface area contributed by atoms with Crippen LogP contribution in [0, 0.1) is 6.92 Å². The minimum Gasteiger partial charge on any atom is -0.322 e. The lowest BCUT2D eigenvalue weighted by atomic mass is 9.91. The first-order valence-corrected chi connectivity index (χ1v) is 12.5. The van der Waals surface area contributed by atoms with E-state index in [0.29, 0.717) is 12.6 Å². The van der Waals surface area contributed by atoms with Crippen LogP contribution < -0.4 is 5.56 Å². The van der Waals surface area contributed by atoms with Gasteiger partial charge in [-0.25, -0.2) is 4.68 Å². The van der Waals surface area contributed by atoms with Crippen molar-refractivity contribution >= 4 is 10.9 Å². The van der Waals surface area contributed by atoms with E-state index < -0.39 is 0 Å². The van der Waals surface area contributed by atoms with Crippen LogP contribution in [0.1, 0.15) is 95.6 Å². The predicted molar refractivity (Wildman–Crippen MR) is 132 cm³/mol. The summed E-state index contributed by atoms with van der Waals surface area (Å²) in [6.07, 6.45) is 7.89. The lowest BCUT2D eigenvalue weighted by Gasteiger charge is -2.40. The van der Waals surface area contributed by atoms with Crippen molar-refractivity contribution in [1.82, 2.24) is 30.1 Å². The van der Waals surface area contributed by atoms with E-state index in [4.69, 9.17) is 0 Å².